The predicted molar refractivity (Wildman–Crippen MR) is 143 cm³/mol. The molecule has 1 aromatic heterocycles. The largest absolute Gasteiger partial charge is 0.457 e. The Bertz CT molecular complexity index is 1470. The van der Waals surface area contributed by atoms with Crippen LogP contribution in [0.5, 0.6) is 11.5 Å². The van der Waals surface area contributed by atoms with Crippen molar-refractivity contribution in [3.05, 3.63) is 71.4 Å². The van der Waals surface area contributed by atoms with Gasteiger partial charge in [-0.1, -0.05) is 6.08 Å². The van der Waals surface area contributed by atoms with Gasteiger partial charge in [0.25, 0.3) is 5.91 Å². The van der Waals surface area contributed by atoms with Crippen molar-refractivity contribution in [1.29, 1.82) is 0 Å². The van der Waals surface area contributed by atoms with E-state index in [1.165, 1.54) is 12.1 Å². The minimum absolute atomic E-state index is 0.0213. The monoisotopic (exact) mass is 552 g/mol. The van der Waals surface area contributed by atoms with Gasteiger partial charge in [-0.2, -0.15) is 13.2 Å². The van der Waals surface area contributed by atoms with E-state index in [2.05, 4.69) is 25.5 Å². The molecule has 9 nitrogen and oxygen atoms in total. The summed E-state index contributed by atoms with van der Waals surface area (Å²) < 4.78 is 46.4. The first-order valence-corrected chi connectivity index (χ1v) is 12.7. The second-order valence-electron chi connectivity index (χ2n) is 9.68. The van der Waals surface area contributed by atoms with E-state index in [0.29, 0.717) is 48.6 Å². The van der Waals surface area contributed by atoms with Crippen molar-refractivity contribution in [2.75, 3.05) is 32.0 Å². The third kappa shape index (κ3) is 6.07. The molecule has 0 saturated carbocycles. The summed E-state index contributed by atoms with van der Waals surface area (Å²) in [6.07, 6.45) is -1.40. The smallest absolute Gasteiger partial charge is 0.416 e. The van der Waals surface area contributed by atoms with E-state index in [0.717, 1.165) is 24.3 Å². The molecule has 2 aromatic carbocycles. The number of benzene rings is 2. The molecule has 1 saturated heterocycles. The van der Waals surface area contributed by atoms with Crippen LogP contribution in [0.4, 0.5) is 19.0 Å². The fraction of sp³-hybridized carbons (Fsp3) is 0.286. The molecule has 0 spiro atoms. The Hall–Kier alpha value is -4.45. The van der Waals surface area contributed by atoms with Gasteiger partial charge in [0, 0.05) is 36.8 Å². The van der Waals surface area contributed by atoms with E-state index in [1.54, 1.807) is 24.3 Å². The van der Waals surface area contributed by atoms with Crippen LogP contribution in [0.1, 0.15) is 34.5 Å². The third-order valence-corrected chi connectivity index (χ3v) is 6.75. The first kappa shape index (κ1) is 27.1. The number of aromatic nitrogens is 2. The lowest BCUT2D eigenvalue weighted by molar-refractivity contribution is -0.137. The summed E-state index contributed by atoms with van der Waals surface area (Å²) in [6, 6.07) is 11.0. The van der Waals surface area contributed by atoms with Gasteiger partial charge < -0.3 is 26.0 Å². The molecule has 12 heteroatoms. The molecular formula is C28H27F3N6O3. The molecule has 208 valence electrons. The second kappa shape index (κ2) is 11.0. The number of primary amides is 1. The molecule has 0 aliphatic carbocycles. The zero-order valence-electron chi connectivity index (χ0n) is 21.6. The van der Waals surface area contributed by atoms with Crippen LogP contribution in [0.25, 0.3) is 17.0 Å². The van der Waals surface area contributed by atoms with Gasteiger partial charge in [0.2, 0.25) is 5.91 Å². The number of nitrogens with zero attached hydrogens (tertiary/aromatic N) is 3. The quantitative estimate of drug-likeness (QED) is 0.404. The van der Waals surface area contributed by atoms with Crippen LogP contribution in [0.15, 0.2) is 54.6 Å². The minimum Gasteiger partial charge on any atom is -0.457 e. The van der Waals surface area contributed by atoms with Crippen LogP contribution in [-0.2, 0) is 11.0 Å². The molecule has 4 N–H and O–H groups in total. The maximum Gasteiger partial charge on any atom is 0.416 e. The molecule has 2 amide bonds. The SMILES string of the molecule is CN1CC=C(c2cc(C(F)(F)F)ccc2Oc2ccc(-c3nc(NC4CCNC4=O)cc(C(N)=O)n3)cc2)CC1. The fourth-order valence-corrected chi connectivity index (χ4v) is 4.55. The van der Waals surface area contributed by atoms with Crippen LogP contribution in [0, 0.1) is 0 Å². The molecule has 5 rings (SSSR count). The van der Waals surface area contributed by atoms with Crippen molar-refractivity contribution in [3.63, 3.8) is 0 Å². The Labute approximate surface area is 228 Å². The number of hydrogen-bond donors (Lipinski definition) is 3. The Morgan fingerprint density at radius 2 is 1.93 bits per heavy atom. The molecule has 1 unspecified atom stereocenters. The average Bonchev–Trinajstić information content (AvgIpc) is 3.33. The van der Waals surface area contributed by atoms with Crippen molar-refractivity contribution in [1.82, 2.24) is 20.2 Å². The van der Waals surface area contributed by atoms with E-state index in [1.807, 2.05) is 13.1 Å². The first-order chi connectivity index (χ1) is 19.1. The van der Waals surface area contributed by atoms with Gasteiger partial charge in [-0.25, -0.2) is 9.97 Å². The Morgan fingerprint density at radius 3 is 2.55 bits per heavy atom. The van der Waals surface area contributed by atoms with Crippen LogP contribution >= 0.6 is 0 Å². The Kier molecular flexibility index (Phi) is 7.44. The highest BCUT2D eigenvalue weighted by atomic mass is 19.4. The normalized spacial score (nSPS) is 17.8. The average molecular weight is 553 g/mol. The maximum atomic E-state index is 13.5. The van der Waals surface area contributed by atoms with Crippen LogP contribution in [0.3, 0.4) is 0 Å². The second-order valence-corrected chi connectivity index (χ2v) is 9.68. The van der Waals surface area contributed by atoms with E-state index >= 15 is 0 Å². The topological polar surface area (TPSA) is 122 Å². The number of rotatable bonds is 7. The molecular weight excluding hydrogens is 525 g/mol. The number of anilines is 1. The zero-order chi connectivity index (χ0) is 28.4. The molecule has 2 aliphatic rings. The third-order valence-electron chi connectivity index (χ3n) is 6.75. The van der Waals surface area contributed by atoms with Crippen LogP contribution in [-0.4, -0.2) is 59.4 Å². The van der Waals surface area contributed by atoms with Crippen LogP contribution < -0.4 is 21.1 Å². The van der Waals surface area contributed by atoms with Gasteiger partial charge in [-0.3, -0.25) is 9.59 Å². The lowest BCUT2D eigenvalue weighted by atomic mass is 9.96. The van der Waals surface area contributed by atoms with Gasteiger partial charge in [0.15, 0.2) is 5.82 Å². The first-order valence-electron chi connectivity index (χ1n) is 12.7. The molecule has 3 aromatic rings. The lowest BCUT2D eigenvalue weighted by Gasteiger charge is -2.24. The van der Waals surface area contributed by atoms with Crippen molar-refractivity contribution in [3.8, 4) is 22.9 Å². The summed E-state index contributed by atoms with van der Waals surface area (Å²) in [4.78, 5) is 34.6. The fourth-order valence-electron chi connectivity index (χ4n) is 4.55. The highest BCUT2D eigenvalue weighted by Crippen LogP contribution is 2.38. The molecule has 1 atom stereocenters. The summed E-state index contributed by atoms with van der Waals surface area (Å²) >= 11 is 0. The molecule has 40 heavy (non-hydrogen) atoms. The number of nitrogens with one attached hydrogen (secondary N) is 2. The highest BCUT2D eigenvalue weighted by molar-refractivity contribution is 5.92. The van der Waals surface area contributed by atoms with Crippen molar-refractivity contribution in [2.45, 2.75) is 25.1 Å². The summed E-state index contributed by atoms with van der Waals surface area (Å²) in [6.45, 7) is 1.89. The Morgan fingerprint density at radius 1 is 1.15 bits per heavy atom. The standard InChI is InChI=1S/C28H27F3N6O3/c1-37-12-9-16(10-13-37)20-14-18(28(29,30)31)4-7-23(20)40-19-5-2-17(3-6-19)26-35-22(25(32)38)15-24(36-26)34-21-8-11-33-27(21)39/h2-7,9,14-15,21H,8,10-13H2,1H3,(H2,32,38)(H,33,39)(H,34,35,36). The number of ether oxygens (including phenoxy) is 1. The minimum atomic E-state index is -4.48. The van der Waals surface area contributed by atoms with Crippen LogP contribution in [0.2, 0.25) is 0 Å². The number of likely N-dealkylation sites (N-methyl/N-ethyl adjacent to an activating group) is 1. The Balaban J connectivity index is 1.42. The summed E-state index contributed by atoms with van der Waals surface area (Å²) in [5, 5.41) is 5.74. The molecule has 1 fully saturated rings. The van der Waals surface area contributed by atoms with Gasteiger partial charge in [-0.15, -0.1) is 0 Å². The number of halogens is 3. The predicted octanol–water partition coefficient (Wildman–Crippen LogP) is 4.07. The highest BCUT2D eigenvalue weighted by Gasteiger charge is 2.32. The molecule has 2 aliphatic heterocycles. The number of hydrogen-bond acceptors (Lipinski definition) is 7. The van der Waals surface area contributed by atoms with Gasteiger partial charge in [0.05, 0.1) is 5.56 Å². The van der Waals surface area contributed by atoms with Crippen molar-refractivity contribution >= 4 is 23.2 Å². The number of amides is 2. The van der Waals surface area contributed by atoms with Gasteiger partial charge in [-0.05, 0) is 67.9 Å². The van der Waals surface area contributed by atoms with E-state index in [-0.39, 0.29) is 23.2 Å². The van der Waals surface area contributed by atoms with E-state index < -0.39 is 23.7 Å². The number of carbonyl (C=O) groups excluding carboxylic acids is 2. The van der Waals surface area contributed by atoms with Gasteiger partial charge in [0.1, 0.15) is 29.1 Å². The number of alkyl halides is 3. The maximum absolute atomic E-state index is 13.5. The number of carbonyl (C=O) groups is 2. The summed E-state index contributed by atoms with van der Waals surface area (Å²) in [5.41, 5.74) is 6.44. The van der Waals surface area contributed by atoms with Gasteiger partial charge >= 0.3 is 6.18 Å². The lowest BCUT2D eigenvalue weighted by Crippen LogP contribution is -2.30. The summed E-state index contributed by atoms with van der Waals surface area (Å²) in [5.74, 6) is 0.272. The molecule has 0 bridgehead atoms. The van der Waals surface area contributed by atoms with Crippen molar-refractivity contribution < 1.29 is 27.5 Å². The zero-order valence-corrected chi connectivity index (χ0v) is 21.6. The van der Waals surface area contributed by atoms with E-state index in [9.17, 15) is 22.8 Å². The summed E-state index contributed by atoms with van der Waals surface area (Å²) in [7, 11) is 1.95. The molecule has 3 heterocycles. The van der Waals surface area contributed by atoms with E-state index in [4.69, 9.17) is 10.5 Å². The number of nitrogens with two attached hydrogens (primary N) is 1. The molecule has 0 radical (unpaired) electrons. The van der Waals surface area contributed by atoms with Crippen molar-refractivity contribution in [2.24, 2.45) is 5.73 Å².